The molecule has 0 spiro atoms. The van der Waals surface area contributed by atoms with Crippen molar-refractivity contribution >= 4 is 11.3 Å². The normalized spacial score (nSPS) is 11.2. The summed E-state index contributed by atoms with van der Waals surface area (Å²) >= 11 is 1.76. The Morgan fingerprint density at radius 2 is 1.25 bits per heavy atom. The summed E-state index contributed by atoms with van der Waals surface area (Å²) in [6, 6.07) is 0. The van der Waals surface area contributed by atoms with Gasteiger partial charge in [0.2, 0.25) is 5.51 Å². The molecule has 1 rings (SSSR count). The Bertz CT molecular complexity index is 340. The number of thiazole rings is 1. The Balaban J connectivity index is 1.66. The van der Waals surface area contributed by atoms with Crippen LogP contribution in [0.25, 0.3) is 0 Å². The van der Waals surface area contributed by atoms with Crippen LogP contribution in [0, 0.1) is 0 Å². The monoisotopic (exact) mass is 354 g/mol. The summed E-state index contributed by atoms with van der Waals surface area (Å²) in [6.45, 7) is 5.31. The first-order valence-electron chi connectivity index (χ1n) is 10.4. The minimum atomic E-state index is 0.933. The molecular formula is C21H40NOS+. The average Bonchev–Trinajstić information content (AvgIpc) is 3.11. The zero-order chi connectivity index (χ0) is 17.1. The van der Waals surface area contributed by atoms with Gasteiger partial charge < -0.3 is 4.74 Å². The highest BCUT2D eigenvalue weighted by Crippen LogP contribution is 2.11. The van der Waals surface area contributed by atoms with Gasteiger partial charge in [-0.05, 0) is 12.8 Å². The number of aryl methyl sites for hydroxylation is 1. The third-order valence-electron chi connectivity index (χ3n) is 4.62. The Morgan fingerprint density at radius 1 is 0.708 bits per heavy atom. The lowest BCUT2D eigenvalue weighted by atomic mass is 10.1. The molecule has 0 unspecified atom stereocenters. The molecule has 1 heterocycles. The van der Waals surface area contributed by atoms with Gasteiger partial charge in [0.1, 0.15) is 6.54 Å². The van der Waals surface area contributed by atoms with Crippen LogP contribution in [0.2, 0.25) is 0 Å². The van der Waals surface area contributed by atoms with E-state index in [1.165, 1.54) is 89.9 Å². The first-order chi connectivity index (χ1) is 11.9. The third kappa shape index (κ3) is 14.0. The quantitative estimate of drug-likeness (QED) is 0.216. The van der Waals surface area contributed by atoms with Gasteiger partial charge in [0.15, 0.2) is 6.20 Å². The van der Waals surface area contributed by atoms with E-state index in [9.17, 15) is 0 Å². The molecular weight excluding hydrogens is 314 g/mol. The van der Waals surface area contributed by atoms with Crippen LogP contribution in [0.3, 0.4) is 0 Å². The van der Waals surface area contributed by atoms with Crippen LogP contribution >= 0.6 is 11.3 Å². The standard InChI is InChI=1S/C21H40NOS/c1-2-3-4-5-6-7-8-9-10-11-12-14-18-23-19-15-13-16-22-17-20-24-21-22/h17,20-21H,2-16,18-19H2,1H3/q+1. The molecule has 0 saturated carbocycles. The fourth-order valence-electron chi connectivity index (χ4n) is 3.03. The molecule has 0 aliphatic carbocycles. The van der Waals surface area contributed by atoms with Crippen LogP contribution in [0.4, 0.5) is 0 Å². The lowest BCUT2D eigenvalue weighted by Gasteiger charge is -2.04. The first-order valence-corrected chi connectivity index (χ1v) is 11.4. The van der Waals surface area contributed by atoms with Gasteiger partial charge in [0, 0.05) is 19.6 Å². The summed E-state index contributed by atoms with van der Waals surface area (Å²) in [4.78, 5) is 0. The summed E-state index contributed by atoms with van der Waals surface area (Å²) < 4.78 is 8.00. The van der Waals surface area contributed by atoms with Crippen LogP contribution in [0.5, 0.6) is 0 Å². The van der Waals surface area contributed by atoms with Gasteiger partial charge >= 0.3 is 0 Å². The zero-order valence-electron chi connectivity index (χ0n) is 16.0. The molecule has 2 nitrogen and oxygen atoms in total. The van der Waals surface area contributed by atoms with Crippen molar-refractivity contribution in [1.29, 1.82) is 0 Å². The zero-order valence-corrected chi connectivity index (χ0v) is 16.8. The molecule has 0 aliphatic heterocycles. The van der Waals surface area contributed by atoms with Gasteiger partial charge in [0.25, 0.3) is 0 Å². The highest BCUT2D eigenvalue weighted by atomic mass is 32.1. The number of unbranched alkanes of at least 4 members (excludes halogenated alkanes) is 12. The Labute approximate surface area is 154 Å². The minimum Gasteiger partial charge on any atom is -0.381 e. The van der Waals surface area contributed by atoms with E-state index in [0.29, 0.717) is 0 Å². The minimum absolute atomic E-state index is 0.933. The molecule has 140 valence electrons. The molecule has 1 aromatic heterocycles. The molecule has 0 atom stereocenters. The summed E-state index contributed by atoms with van der Waals surface area (Å²) in [5.41, 5.74) is 2.17. The first kappa shape index (κ1) is 21.6. The summed E-state index contributed by atoms with van der Waals surface area (Å²) in [7, 11) is 0. The second-order valence-electron chi connectivity index (χ2n) is 6.97. The third-order valence-corrected chi connectivity index (χ3v) is 5.30. The van der Waals surface area contributed by atoms with Crippen molar-refractivity contribution in [1.82, 2.24) is 0 Å². The van der Waals surface area contributed by atoms with Crippen LogP contribution in [-0.4, -0.2) is 13.2 Å². The molecule has 1 aromatic rings. The Hall–Kier alpha value is -0.410. The van der Waals surface area contributed by atoms with E-state index in [4.69, 9.17) is 4.74 Å². The number of nitrogens with zero attached hydrogens (tertiary/aromatic N) is 1. The topological polar surface area (TPSA) is 13.1 Å². The second kappa shape index (κ2) is 17.4. The summed E-state index contributed by atoms with van der Waals surface area (Å²) in [6.07, 6.45) is 21.5. The van der Waals surface area contributed by atoms with E-state index in [0.717, 1.165) is 19.8 Å². The number of hydrogen-bond donors (Lipinski definition) is 0. The van der Waals surface area contributed by atoms with Crippen LogP contribution < -0.4 is 4.57 Å². The number of aromatic nitrogens is 1. The Kier molecular flexibility index (Phi) is 15.7. The lowest BCUT2D eigenvalue weighted by Crippen LogP contribution is -2.29. The highest BCUT2D eigenvalue weighted by molar-refractivity contribution is 7.07. The second-order valence-corrected chi connectivity index (χ2v) is 7.73. The van der Waals surface area contributed by atoms with Crippen molar-refractivity contribution in [2.45, 2.75) is 103 Å². The van der Waals surface area contributed by atoms with E-state index in [2.05, 4.69) is 28.6 Å². The van der Waals surface area contributed by atoms with Crippen molar-refractivity contribution in [3.63, 3.8) is 0 Å². The van der Waals surface area contributed by atoms with Gasteiger partial charge in [0.05, 0.1) is 5.38 Å². The number of rotatable bonds is 18. The predicted molar refractivity (Wildman–Crippen MR) is 106 cm³/mol. The smallest absolute Gasteiger partial charge is 0.224 e. The number of hydrogen-bond acceptors (Lipinski definition) is 2. The number of ether oxygens (including phenoxy) is 1. The largest absolute Gasteiger partial charge is 0.381 e. The summed E-state index contributed by atoms with van der Waals surface area (Å²) in [5.74, 6) is 0. The Morgan fingerprint density at radius 3 is 1.79 bits per heavy atom. The highest BCUT2D eigenvalue weighted by Gasteiger charge is 1.99. The molecule has 0 radical (unpaired) electrons. The van der Waals surface area contributed by atoms with Crippen LogP contribution in [0.15, 0.2) is 17.1 Å². The maximum atomic E-state index is 5.74. The fraction of sp³-hybridized carbons (Fsp3) is 0.857. The lowest BCUT2D eigenvalue weighted by molar-refractivity contribution is -0.692. The van der Waals surface area contributed by atoms with Gasteiger partial charge in [-0.1, -0.05) is 88.9 Å². The van der Waals surface area contributed by atoms with Crippen molar-refractivity contribution in [3.8, 4) is 0 Å². The van der Waals surface area contributed by atoms with Crippen molar-refractivity contribution < 1.29 is 9.30 Å². The molecule has 0 N–H and O–H groups in total. The molecule has 3 heteroatoms. The predicted octanol–water partition coefficient (Wildman–Crippen LogP) is 6.53. The summed E-state index contributed by atoms with van der Waals surface area (Å²) in [5, 5.41) is 2.13. The van der Waals surface area contributed by atoms with Crippen LogP contribution in [-0.2, 0) is 11.3 Å². The maximum absolute atomic E-state index is 5.74. The van der Waals surface area contributed by atoms with Crippen molar-refractivity contribution in [3.05, 3.63) is 17.1 Å². The maximum Gasteiger partial charge on any atom is 0.224 e. The fourth-order valence-corrected chi connectivity index (χ4v) is 3.66. The average molecular weight is 355 g/mol. The van der Waals surface area contributed by atoms with Gasteiger partial charge in [-0.15, -0.1) is 0 Å². The molecule has 0 aromatic carbocycles. The van der Waals surface area contributed by atoms with E-state index in [1.54, 1.807) is 11.3 Å². The van der Waals surface area contributed by atoms with Crippen LogP contribution in [0.1, 0.15) is 96.8 Å². The van der Waals surface area contributed by atoms with Crippen molar-refractivity contribution in [2.24, 2.45) is 0 Å². The van der Waals surface area contributed by atoms with E-state index in [-0.39, 0.29) is 0 Å². The molecule has 0 bridgehead atoms. The molecule has 24 heavy (non-hydrogen) atoms. The molecule has 0 amide bonds. The van der Waals surface area contributed by atoms with E-state index in [1.807, 2.05) is 0 Å². The van der Waals surface area contributed by atoms with Crippen molar-refractivity contribution in [2.75, 3.05) is 13.2 Å². The van der Waals surface area contributed by atoms with Gasteiger partial charge in [-0.25, -0.2) is 0 Å². The van der Waals surface area contributed by atoms with Gasteiger partial charge in [-0.3, -0.25) is 0 Å². The van der Waals surface area contributed by atoms with E-state index >= 15 is 0 Å². The van der Waals surface area contributed by atoms with E-state index < -0.39 is 0 Å². The molecule has 0 fully saturated rings. The van der Waals surface area contributed by atoms with Gasteiger partial charge in [-0.2, -0.15) is 4.57 Å². The molecule has 0 saturated heterocycles. The SMILES string of the molecule is CCCCCCCCCCCCCCOCCCC[n+]1ccsc1. The molecule has 0 aliphatic rings.